The summed E-state index contributed by atoms with van der Waals surface area (Å²) in [7, 11) is 0. The van der Waals surface area contributed by atoms with Gasteiger partial charge in [0.2, 0.25) is 0 Å². The van der Waals surface area contributed by atoms with Crippen LogP contribution in [-0.4, -0.2) is 42.4 Å². The second-order valence-electron chi connectivity index (χ2n) is 5.51. The summed E-state index contributed by atoms with van der Waals surface area (Å²) in [6.45, 7) is 3.97. The standard InChI is InChI=1S/C15H22N4O2/c1-11(16)13-7-8-19(9-13)10-14(20)17-18-15(21)12-5-3-2-4-6-12/h2-6,11,13H,7-10,16H2,1H3,(H,17,20)(H,18,21). The molecule has 0 saturated carbocycles. The first kappa shape index (κ1) is 15.5. The fourth-order valence-corrected chi connectivity index (χ4v) is 2.47. The molecular formula is C15H22N4O2. The lowest BCUT2D eigenvalue weighted by Gasteiger charge is -2.17. The normalized spacial score (nSPS) is 20.0. The molecule has 1 aliphatic heterocycles. The second-order valence-corrected chi connectivity index (χ2v) is 5.51. The van der Waals surface area contributed by atoms with Gasteiger partial charge in [0.05, 0.1) is 6.54 Å². The molecule has 6 nitrogen and oxygen atoms in total. The molecule has 114 valence electrons. The van der Waals surface area contributed by atoms with Gasteiger partial charge in [-0.3, -0.25) is 25.3 Å². The van der Waals surface area contributed by atoms with E-state index in [1.807, 2.05) is 13.0 Å². The van der Waals surface area contributed by atoms with E-state index >= 15 is 0 Å². The maximum absolute atomic E-state index is 11.8. The Bertz CT molecular complexity index is 490. The molecule has 1 saturated heterocycles. The number of carbonyl (C=O) groups excluding carboxylic acids is 2. The maximum Gasteiger partial charge on any atom is 0.269 e. The predicted molar refractivity (Wildman–Crippen MR) is 80.2 cm³/mol. The highest BCUT2D eigenvalue weighted by molar-refractivity contribution is 5.95. The molecule has 2 amide bonds. The van der Waals surface area contributed by atoms with Crippen molar-refractivity contribution < 1.29 is 9.59 Å². The van der Waals surface area contributed by atoms with Crippen LogP contribution in [0.3, 0.4) is 0 Å². The molecule has 2 unspecified atom stereocenters. The molecule has 4 N–H and O–H groups in total. The largest absolute Gasteiger partial charge is 0.328 e. The summed E-state index contributed by atoms with van der Waals surface area (Å²) >= 11 is 0. The Morgan fingerprint density at radius 3 is 2.67 bits per heavy atom. The molecule has 2 rings (SSSR count). The van der Waals surface area contributed by atoms with Crippen molar-refractivity contribution in [2.45, 2.75) is 19.4 Å². The van der Waals surface area contributed by atoms with Crippen molar-refractivity contribution in [2.75, 3.05) is 19.6 Å². The topological polar surface area (TPSA) is 87.5 Å². The highest BCUT2D eigenvalue weighted by atomic mass is 16.2. The first-order chi connectivity index (χ1) is 10.1. The molecule has 0 radical (unpaired) electrons. The first-order valence-corrected chi connectivity index (χ1v) is 7.18. The number of likely N-dealkylation sites (tertiary alicyclic amines) is 1. The highest BCUT2D eigenvalue weighted by Gasteiger charge is 2.26. The minimum absolute atomic E-state index is 0.149. The Morgan fingerprint density at radius 1 is 1.33 bits per heavy atom. The van der Waals surface area contributed by atoms with Crippen LogP contribution in [-0.2, 0) is 4.79 Å². The van der Waals surface area contributed by atoms with Crippen molar-refractivity contribution in [3.05, 3.63) is 35.9 Å². The van der Waals surface area contributed by atoms with Crippen LogP contribution in [0.15, 0.2) is 30.3 Å². The number of nitrogens with one attached hydrogen (secondary N) is 2. The minimum atomic E-state index is -0.321. The van der Waals surface area contributed by atoms with Crippen LogP contribution in [0, 0.1) is 5.92 Å². The number of hydrogen-bond acceptors (Lipinski definition) is 4. The predicted octanol–water partition coefficient (Wildman–Crippen LogP) is 0.117. The van der Waals surface area contributed by atoms with E-state index < -0.39 is 0 Å². The molecule has 1 aromatic carbocycles. The van der Waals surface area contributed by atoms with Crippen molar-refractivity contribution >= 4 is 11.8 Å². The van der Waals surface area contributed by atoms with E-state index in [9.17, 15) is 9.59 Å². The molecule has 1 aromatic rings. The van der Waals surface area contributed by atoms with Crippen LogP contribution < -0.4 is 16.6 Å². The smallest absolute Gasteiger partial charge is 0.269 e. The number of nitrogens with zero attached hydrogens (tertiary/aromatic N) is 1. The van der Waals surface area contributed by atoms with Gasteiger partial charge in [-0.15, -0.1) is 0 Å². The van der Waals surface area contributed by atoms with Gasteiger partial charge >= 0.3 is 0 Å². The number of hydrazine groups is 1. The Kier molecular flexibility index (Phi) is 5.30. The van der Waals surface area contributed by atoms with Gasteiger partial charge in [0.25, 0.3) is 11.8 Å². The maximum atomic E-state index is 11.8. The van der Waals surface area contributed by atoms with Gasteiger partial charge in [0, 0.05) is 18.2 Å². The zero-order chi connectivity index (χ0) is 15.2. The van der Waals surface area contributed by atoms with Crippen molar-refractivity contribution in [3.8, 4) is 0 Å². The summed E-state index contributed by atoms with van der Waals surface area (Å²) in [5, 5.41) is 0. The molecule has 21 heavy (non-hydrogen) atoms. The van der Waals surface area contributed by atoms with Crippen molar-refractivity contribution in [3.63, 3.8) is 0 Å². The lowest BCUT2D eigenvalue weighted by Crippen LogP contribution is -2.46. The average molecular weight is 290 g/mol. The zero-order valence-electron chi connectivity index (χ0n) is 12.2. The quantitative estimate of drug-likeness (QED) is 0.687. The molecule has 6 heteroatoms. The summed E-state index contributed by atoms with van der Waals surface area (Å²) < 4.78 is 0. The second kappa shape index (κ2) is 7.19. The van der Waals surface area contributed by atoms with Gasteiger partial charge in [0.1, 0.15) is 0 Å². The zero-order valence-corrected chi connectivity index (χ0v) is 12.2. The third-order valence-electron chi connectivity index (χ3n) is 3.77. The SMILES string of the molecule is CC(N)C1CCN(CC(=O)NNC(=O)c2ccccc2)C1. The van der Waals surface area contributed by atoms with Crippen molar-refractivity contribution in [1.82, 2.24) is 15.8 Å². The number of nitrogens with two attached hydrogens (primary N) is 1. The highest BCUT2D eigenvalue weighted by Crippen LogP contribution is 2.17. The van der Waals surface area contributed by atoms with E-state index in [0.717, 1.165) is 19.5 Å². The molecule has 0 aromatic heterocycles. The van der Waals surface area contributed by atoms with E-state index in [4.69, 9.17) is 5.73 Å². The summed E-state index contributed by atoms with van der Waals surface area (Å²) in [5.74, 6) is -0.0971. The van der Waals surface area contributed by atoms with E-state index in [1.165, 1.54) is 0 Å². The van der Waals surface area contributed by atoms with Crippen LogP contribution in [0.2, 0.25) is 0 Å². The van der Waals surface area contributed by atoms with E-state index in [1.54, 1.807) is 24.3 Å². The van der Waals surface area contributed by atoms with Crippen LogP contribution in [0.4, 0.5) is 0 Å². The Balaban J connectivity index is 1.72. The summed E-state index contributed by atoms with van der Waals surface area (Å²) in [6, 6.07) is 8.91. The molecule has 2 atom stereocenters. The molecular weight excluding hydrogens is 268 g/mol. The molecule has 0 spiro atoms. The third kappa shape index (κ3) is 4.54. The number of rotatable bonds is 4. The van der Waals surface area contributed by atoms with Crippen molar-refractivity contribution in [2.24, 2.45) is 11.7 Å². The number of hydrogen-bond donors (Lipinski definition) is 3. The van der Waals surface area contributed by atoms with Crippen LogP contribution in [0.25, 0.3) is 0 Å². The first-order valence-electron chi connectivity index (χ1n) is 7.18. The summed E-state index contributed by atoms with van der Waals surface area (Å²) in [6.07, 6.45) is 1.02. The Hall–Kier alpha value is -1.92. The van der Waals surface area contributed by atoms with Crippen LogP contribution in [0.5, 0.6) is 0 Å². The minimum Gasteiger partial charge on any atom is -0.328 e. The van der Waals surface area contributed by atoms with Gasteiger partial charge in [-0.05, 0) is 37.9 Å². The van der Waals surface area contributed by atoms with E-state index in [-0.39, 0.29) is 24.4 Å². The van der Waals surface area contributed by atoms with Crippen molar-refractivity contribution in [1.29, 1.82) is 0 Å². The summed E-state index contributed by atoms with van der Waals surface area (Å²) in [5.41, 5.74) is 11.2. The van der Waals surface area contributed by atoms with Gasteiger partial charge in [-0.25, -0.2) is 0 Å². The average Bonchev–Trinajstić information content (AvgIpc) is 2.94. The molecule has 1 aliphatic rings. The Labute approximate surface area is 124 Å². The number of benzene rings is 1. The van der Waals surface area contributed by atoms with Crippen LogP contribution >= 0.6 is 0 Å². The third-order valence-corrected chi connectivity index (χ3v) is 3.77. The monoisotopic (exact) mass is 290 g/mol. The van der Waals surface area contributed by atoms with Gasteiger partial charge in [-0.1, -0.05) is 18.2 Å². The molecule has 0 aliphatic carbocycles. The van der Waals surface area contributed by atoms with Gasteiger partial charge in [-0.2, -0.15) is 0 Å². The number of carbonyl (C=O) groups is 2. The number of amides is 2. The van der Waals surface area contributed by atoms with Gasteiger partial charge < -0.3 is 5.73 Å². The lowest BCUT2D eigenvalue weighted by atomic mass is 10.0. The van der Waals surface area contributed by atoms with Crippen LogP contribution in [0.1, 0.15) is 23.7 Å². The molecule has 1 fully saturated rings. The molecule has 0 bridgehead atoms. The fraction of sp³-hybridized carbons (Fsp3) is 0.467. The lowest BCUT2D eigenvalue weighted by molar-refractivity contribution is -0.122. The molecule has 1 heterocycles. The summed E-state index contributed by atoms with van der Waals surface area (Å²) in [4.78, 5) is 25.6. The van der Waals surface area contributed by atoms with Gasteiger partial charge in [0.15, 0.2) is 0 Å². The Morgan fingerprint density at radius 2 is 2.05 bits per heavy atom. The fourth-order valence-electron chi connectivity index (χ4n) is 2.47. The van der Waals surface area contributed by atoms with E-state index in [0.29, 0.717) is 11.5 Å². The van der Waals surface area contributed by atoms with E-state index in [2.05, 4.69) is 15.8 Å².